The second-order valence-corrected chi connectivity index (χ2v) is 8.32. The third-order valence-electron chi connectivity index (χ3n) is 5.53. The fourth-order valence-corrected chi connectivity index (χ4v) is 4.07. The third-order valence-corrected chi connectivity index (χ3v) is 5.83. The number of rotatable bonds is 6. The number of anilines is 2. The lowest BCUT2D eigenvalue weighted by Gasteiger charge is -2.09. The Morgan fingerprint density at radius 3 is 2.36 bits per heavy atom. The summed E-state index contributed by atoms with van der Waals surface area (Å²) in [4.78, 5) is 16.6. The SMILES string of the molecule is COc1ccc(-c2nn(-c3cccc(NC(=O)Nc4ccccc4)c3)cc2-c2ccncc2)cc1Cl. The molecule has 0 saturated heterocycles. The van der Waals surface area contributed by atoms with Crippen molar-refractivity contribution in [1.29, 1.82) is 0 Å². The van der Waals surface area contributed by atoms with Gasteiger partial charge in [-0.3, -0.25) is 4.98 Å². The number of nitrogens with one attached hydrogen (secondary N) is 2. The molecule has 7 nitrogen and oxygen atoms in total. The summed E-state index contributed by atoms with van der Waals surface area (Å²) in [5.74, 6) is 0.595. The number of nitrogens with zero attached hydrogens (tertiary/aromatic N) is 3. The van der Waals surface area contributed by atoms with Crippen molar-refractivity contribution in [3.05, 3.63) is 109 Å². The predicted octanol–water partition coefficient (Wildman–Crippen LogP) is 6.91. The van der Waals surface area contributed by atoms with Crippen molar-refractivity contribution in [2.75, 3.05) is 17.7 Å². The molecular weight excluding hydrogens is 474 g/mol. The second-order valence-electron chi connectivity index (χ2n) is 7.92. The molecule has 0 fully saturated rings. The van der Waals surface area contributed by atoms with Gasteiger partial charge in [-0.2, -0.15) is 5.10 Å². The number of pyridine rings is 1. The number of benzene rings is 3. The highest BCUT2D eigenvalue weighted by Crippen LogP contribution is 2.35. The van der Waals surface area contributed by atoms with E-state index in [1.165, 1.54) is 0 Å². The van der Waals surface area contributed by atoms with Gasteiger partial charge >= 0.3 is 6.03 Å². The molecular formula is C28H22ClN5O2. The number of hydrogen-bond donors (Lipinski definition) is 2. The summed E-state index contributed by atoms with van der Waals surface area (Å²) in [5, 5.41) is 11.1. The number of carbonyl (C=O) groups is 1. The van der Waals surface area contributed by atoms with Crippen molar-refractivity contribution in [3.63, 3.8) is 0 Å². The molecule has 2 aromatic heterocycles. The molecule has 8 heteroatoms. The molecule has 2 heterocycles. The molecule has 5 aromatic rings. The molecule has 0 atom stereocenters. The van der Waals surface area contributed by atoms with Crippen LogP contribution < -0.4 is 15.4 Å². The van der Waals surface area contributed by atoms with E-state index in [1.54, 1.807) is 24.2 Å². The van der Waals surface area contributed by atoms with Crippen LogP contribution in [0.4, 0.5) is 16.2 Å². The van der Waals surface area contributed by atoms with Crippen LogP contribution in [-0.4, -0.2) is 27.9 Å². The van der Waals surface area contributed by atoms with Gasteiger partial charge in [-0.1, -0.05) is 35.9 Å². The van der Waals surface area contributed by atoms with Gasteiger partial charge in [0.1, 0.15) is 11.4 Å². The highest BCUT2D eigenvalue weighted by atomic mass is 35.5. The van der Waals surface area contributed by atoms with Gasteiger partial charge in [0.25, 0.3) is 0 Å². The summed E-state index contributed by atoms with van der Waals surface area (Å²) in [5.41, 5.74) is 5.62. The Labute approximate surface area is 213 Å². The average molecular weight is 496 g/mol. The third kappa shape index (κ3) is 5.06. The summed E-state index contributed by atoms with van der Waals surface area (Å²) < 4.78 is 7.08. The van der Waals surface area contributed by atoms with Crippen LogP contribution in [0.5, 0.6) is 5.75 Å². The molecule has 5 rings (SSSR count). The maximum Gasteiger partial charge on any atom is 0.323 e. The van der Waals surface area contributed by atoms with Gasteiger partial charge in [-0.25, -0.2) is 9.48 Å². The van der Waals surface area contributed by atoms with Crippen molar-refractivity contribution < 1.29 is 9.53 Å². The van der Waals surface area contributed by atoms with Crippen LogP contribution in [0.3, 0.4) is 0 Å². The fraction of sp³-hybridized carbons (Fsp3) is 0.0357. The monoisotopic (exact) mass is 495 g/mol. The molecule has 0 aliphatic carbocycles. The van der Waals surface area contributed by atoms with Crippen LogP contribution in [-0.2, 0) is 0 Å². The molecule has 0 radical (unpaired) electrons. The Morgan fingerprint density at radius 2 is 1.61 bits per heavy atom. The minimum Gasteiger partial charge on any atom is -0.495 e. The number of carbonyl (C=O) groups excluding carboxylic acids is 1. The molecule has 0 bridgehead atoms. The summed E-state index contributed by atoms with van der Waals surface area (Å²) in [6, 6.07) is 25.9. The topological polar surface area (TPSA) is 81.1 Å². The van der Waals surface area contributed by atoms with Crippen molar-refractivity contribution in [2.24, 2.45) is 0 Å². The first-order valence-electron chi connectivity index (χ1n) is 11.2. The molecule has 0 aliphatic rings. The number of para-hydroxylation sites is 1. The first-order chi connectivity index (χ1) is 17.6. The van der Waals surface area contributed by atoms with Gasteiger partial charge in [-0.05, 0) is 66.2 Å². The maximum absolute atomic E-state index is 12.5. The van der Waals surface area contributed by atoms with Crippen LogP contribution >= 0.6 is 11.6 Å². The van der Waals surface area contributed by atoms with E-state index in [2.05, 4.69) is 15.6 Å². The predicted molar refractivity (Wildman–Crippen MR) is 143 cm³/mol. The van der Waals surface area contributed by atoms with Crippen LogP contribution in [0.15, 0.2) is 104 Å². The normalized spacial score (nSPS) is 10.6. The lowest BCUT2D eigenvalue weighted by atomic mass is 10.0. The summed E-state index contributed by atoms with van der Waals surface area (Å²) in [6.45, 7) is 0. The van der Waals surface area contributed by atoms with E-state index >= 15 is 0 Å². The van der Waals surface area contributed by atoms with Crippen molar-refractivity contribution in [1.82, 2.24) is 14.8 Å². The first kappa shape index (κ1) is 23.1. The quantitative estimate of drug-likeness (QED) is 0.268. The summed E-state index contributed by atoms with van der Waals surface area (Å²) >= 11 is 6.41. The van der Waals surface area contributed by atoms with Crippen LogP contribution in [0.2, 0.25) is 5.02 Å². The highest BCUT2D eigenvalue weighted by molar-refractivity contribution is 6.32. The van der Waals surface area contributed by atoms with Gasteiger partial charge < -0.3 is 15.4 Å². The van der Waals surface area contributed by atoms with Crippen molar-refractivity contribution in [3.8, 4) is 33.8 Å². The van der Waals surface area contributed by atoms with E-state index in [0.29, 0.717) is 22.1 Å². The van der Waals surface area contributed by atoms with Crippen LogP contribution in [0, 0.1) is 0 Å². The number of urea groups is 1. The molecule has 3 aromatic carbocycles. The minimum atomic E-state index is -0.329. The molecule has 2 N–H and O–H groups in total. The van der Waals surface area contributed by atoms with E-state index in [4.69, 9.17) is 21.4 Å². The smallest absolute Gasteiger partial charge is 0.323 e. The standard InChI is InChI=1S/C28H22ClN5O2/c1-36-26-11-10-20(16-25(26)29)27-24(19-12-14-30-15-13-19)18-34(33-27)23-9-5-8-22(17-23)32-28(35)31-21-6-3-2-4-7-21/h2-18H,1H3,(H2,31,32,35). The molecule has 178 valence electrons. The lowest BCUT2D eigenvalue weighted by Crippen LogP contribution is -2.19. The fourth-order valence-electron chi connectivity index (χ4n) is 3.82. The van der Waals surface area contributed by atoms with Crippen LogP contribution in [0.25, 0.3) is 28.1 Å². The Kier molecular flexibility index (Phi) is 6.64. The number of ether oxygens (including phenoxy) is 1. The molecule has 0 spiro atoms. The zero-order valence-corrected chi connectivity index (χ0v) is 20.1. The highest BCUT2D eigenvalue weighted by Gasteiger charge is 2.16. The van der Waals surface area contributed by atoms with E-state index in [-0.39, 0.29) is 6.03 Å². The Morgan fingerprint density at radius 1 is 0.861 bits per heavy atom. The number of aromatic nitrogens is 3. The van der Waals surface area contributed by atoms with Crippen LogP contribution in [0.1, 0.15) is 0 Å². The lowest BCUT2D eigenvalue weighted by molar-refractivity contribution is 0.262. The zero-order valence-electron chi connectivity index (χ0n) is 19.4. The molecule has 0 saturated carbocycles. The Bertz CT molecular complexity index is 1500. The van der Waals surface area contributed by atoms with Gasteiger partial charge in [0.15, 0.2) is 0 Å². The summed E-state index contributed by atoms with van der Waals surface area (Å²) in [7, 11) is 1.58. The van der Waals surface area contributed by atoms with Crippen molar-refractivity contribution in [2.45, 2.75) is 0 Å². The number of amides is 2. The Hall–Kier alpha value is -4.62. The van der Waals surface area contributed by atoms with Crippen molar-refractivity contribution >= 4 is 29.0 Å². The van der Waals surface area contributed by atoms with Gasteiger partial charge in [0, 0.05) is 41.1 Å². The van der Waals surface area contributed by atoms with E-state index in [9.17, 15) is 4.79 Å². The summed E-state index contributed by atoms with van der Waals surface area (Å²) in [6.07, 6.45) is 5.44. The zero-order chi connectivity index (χ0) is 24.9. The number of halogens is 1. The first-order valence-corrected chi connectivity index (χ1v) is 11.6. The second kappa shape index (κ2) is 10.3. The number of methoxy groups -OCH3 is 1. The number of hydrogen-bond acceptors (Lipinski definition) is 4. The molecule has 2 amide bonds. The van der Waals surface area contributed by atoms with Gasteiger partial charge in [0.2, 0.25) is 0 Å². The molecule has 0 aliphatic heterocycles. The molecule has 36 heavy (non-hydrogen) atoms. The van der Waals surface area contributed by atoms with Gasteiger partial charge in [0.05, 0.1) is 17.8 Å². The average Bonchev–Trinajstić information content (AvgIpc) is 3.35. The minimum absolute atomic E-state index is 0.329. The van der Waals surface area contributed by atoms with E-state index in [0.717, 1.165) is 28.1 Å². The van der Waals surface area contributed by atoms with E-state index < -0.39 is 0 Å². The largest absolute Gasteiger partial charge is 0.495 e. The van der Waals surface area contributed by atoms with E-state index in [1.807, 2.05) is 91.1 Å². The maximum atomic E-state index is 12.5. The molecule has 0 unspecified atom stereocenters. The Balaban J connectivity index is 1.48. The van der Waals surface area contributed by atoms with Gasteiger partial charge in [-0.15, -0.1) is 0 Å².